The molecule has 2 N–H and O–H groups in total. The molecule has 17 heavy (non-hydrogen) atoms. The fourth-order valence-electron chi connectivity index (χ4n) is 1.40. The number of methoxy groups -OCH3 is 1. The van der Waals surface area contributed by atoms with Crippen molar-refractivity contribution >= 4 is 5.91 Å². The van der Waals surface area contributed by atoms with E-state index in [2.05, 4.69) is 10.5 Å². The molecule has 6 heteroatoms. The Morgan fingerprint density at radius 3 is 3.12 bits per heavy atom. The molecule has 0 aliphatic carbocycles. The molecule has 1 amide bonds. The molecule has 0 aliphatic rings. The van der Waals surface area contributed by atoms with Crippen LogP contribution in [0.2, 0.25) is 0 Å². The van der Waals surface area contributed by atoms with Gasteiger partial charge in [-0.15, -0.1) is 0 Å². The van der Waals surface area contributed by atoms with Crippen LogP contribution in [0.1, 0.15) is 36.0 Å². The molecule has 0 fully saturated rings. The molecule has 0 aliphatic heterocycles. The summed E-state index contributed by atoms with van der Waals surface area (Å²) in [4.78, 5) is 11.7. The standard InChI is InChI=1S/C11H18N2O4/c1-8(4-3-5-14)12-11(15)10-6-9(7-16-2)17-13-10/h6,8,14H,3-5,7H2,1-2H3,(H,12,15). The summed E-state index contributed by atoms with van der Waals surface area (Å²) in [5.41, 5.74) is 0.243. The molecule has 1 aromatic heterocycles. The van der Waals surface area contributed by atoms with Gasteiger partial charge in [0.2, 0.25) is 0 Å². The molecule has 6 nitrogen and oxygen atoms in total. The monoisotopic (exact) mass is 242 g/mol. The number of aliphatic hydroxyl groups is 1. The Hall–Kier alpha value is -1.40. The van der Waals surface area contributed by atoms with Gasteiger partial charge in [-0.1, -0.05) is 5.16 Å². The van der Waals surface area contributed by atoms with Crippen molar-refractivity contribution in [3.05, 3.63) is 17.5 Å². The van der Waals surface area contributed by atoms with E-state index in [-0.39, 0.29) is 24.2 Å². The van der Waals surface area contributed by atoms with Gasteiger partial charge in [0.1, 0.15) is 6.61 Å². The average molecular weight is 242 g/mol. The van der Waals surface area contributed by atoms with E-state index in [1.54, 1.807) is 13.2 Å². The van der Waals surface area contributed by atoms with Crippen LogP contribution in [0.4, 0.5) is 0 Å². The molecule has 0 saturated carbocycles. The van der Waals surface area contributed by atoms with Crippen LogP contribution in [0.15, 0.2) is 10.6 Å². The lowest BCUT2D eigenvalue weighted by Crippen LogP contribution is -2.32. The van der Waals surface area contributed by atoms with Gasteiger partial charge >= 0.3 is 0 Å². The van der Waals surface area contributed by atoms with Crippen LogP contribution >= 0.6 is 0 Å². The summed E-state index contributed by atoms with van der Waals surface area (Å²) in [5, 5.41) is 15.1. The third-order valence-electron chi connectivity index (χ3n) is 2.25. The van der Waals surface area contributed by atoms with Gasteiger partial charge in [-0.2, -0.15) is 0 Å². The average Bonchev–Trinajstić information content (AvgIpc) is 2.75. The lowest BCUT2D eigenvalue weighted by molar-refractivity contribution is 0.0926. The van der Waals surface area contributed by atoms with E-state index in [0.29, 0.717) is 18.8 Å². The Balaban J connectivity index is 2.45. The maximum absolute atomic E-state index is 11.7. The molecule has 1 atom stereocenters. The number of rotatable bonds is 7. The van der Waals surface area contributed by atoms with Crippen LogP contribution in [0.5, 0.6) is 0 Å². The first-order valence-corrected chi connectivity index (χ1v) is 5.53. The van der Waals surface area contributed by atoms with Crippen molar-refractivity contribution in [1.82, 2.24) is 10.5 Å². The maximum atomic E-state index is 11.7. The molecule has 96 valence electrons. The summed E-state index contributed by atoms with van der Waals surface area (Å²) < 4.78 is 9.77. The zero-order valence-corrected chi connectivity index (χ0v) is 10.1. The SMILES string of the molecule is COCc1cc(C(=O)NC(C)CCCO)no1. The minimum Gasteiger partial charge on any atom is -0.396 e. The van der Waals surface area contributed by atoms with E-state index in [0.717, 1.165) is 6.42 Å². The van der Waals surface area contributed by atoms with E-state index in [9.17, 15) is 4.79 Å². The summed E-state index contributed by atoms with van der Waals surface area (Å²) in [6.45, 7) is 2.30. The minimum absolute atomic E-state index is 0.00257. The highest BCUT2D eigenvalue weighted by Crippen LogP contribution is 2.05. The van der Waals surface area contributed by atoms with Gasteiger partial charge in [0.05, 0.1) is 0 Å². The lowest BCUT2D eigenvalue weighted by atomic mass is 10.2. The second kappa shape index (κ2) is 7.03. The Bertz CT molecular complexity index is 351. The highest BCUT2D eigenvalue weighted by Gasteiger charge is 2.14. The van der Waals surface area contributed by atoms with Crippen molar-refractivity contribution in [2.45, 2.75) is 32.4 Å². The number of nitrogens with one attached hydrogen (secondary N) is 1. The Labute approximate surface area is 99.9 Å². The van der Waals surface area contributed by atoms with Crippen LogP contribution in [0.3, 0.4) is 0 Å². The molecule has 1 aromatic rings. The number of amides is 1. The third-order valence-corrected chi connectivity index (χ3v) is 2.25. The van der Waals surface area contributed by atoms with Gasteiger partial charge in [-0.25, -0.2) is 0 Å². The first-order valence-electron chi connectivity index (χ1n) is 5.53. The summed E-state index contributed by atoms with van der Waals surface area (Å²) >= 11 is 0. The minimum atomic E-state index is -0.276. The molecule has 0 bridgehead atoms. The molecular formula is C11H18N2O4. The Morgan fingerprint density at radius 1 is 1.71 bits per heavy atom. The van der Waals surface area contributed by atoms with Gasteiger partial charge < -0.3 is 19.7 Å². The van der Waals surface area contributed by atoms with E-state index < -0.39 is 0 Å². The first kappa shape index (κ1) is 13.7. The van der Waals surface area contributed by atoms with Gasteiger partial charge in [0.25, 0.3) is 5.91 Å². The second-order valence-corrected chi connectivity index (χ2v) is 3.85. The predicted octanol–water partition coefficient (Wildman–Crippen LogP) is 0.712. The molecule has 1 unspecified atom stereocenters. The quantitative estimate of drug-likeness (QED) is 0.735. The van der Waals surface area contributed by atoms with Gasteiger partial charge in [-0.3, -0.25) is 4.79 Å². The van der Waals surface area contributed by atoms with E-state index in [4.69, 9.17) is 14.4 Å². The maximum Gasteiger partial charge on any atom is 0.273 e. The van der Waals surface area contributed by atoms with E-state index in [1.807, 2.05) is 6.92 Å². The van der Waals surface area contributed by atoms with E-state index >= 15 is 0 Å². The summed E-state index contributed by atoms with van der Waals surface area (Å²) in [6, 6.07) is 1.55. The largest absolute Gasteiger partial charge is 0.396 e. The van der Waals surface area contributed by atoms with Gasteiger partial charge in [0, 0.05) is 25.8 Å². The zero-order valence-electron chi connectivity index (χ0n) is 10.1. The van der Waals surface area contributed by atoms with Crippen LogP contribution in [-0.2, 0) is 11.3 Å². The number of ether oxygens (including phenoxy) is 1. The molecule has 0 saturated heterocycles. The smallest absolute Gasteiger partial charge is 0.273 e. The number of carbonyl (C=O) groups excluding carboxylic acids is 1. The van der Waals surface area contributed by atoms with Crippen LogP contribution in [0, 0.1) is 0 Å². The molecular weight excluding hydrogens is 224 g/mol. The summed E-state index contributed by atoms with van der Waals surface area (Å²) in [6.07, 6.45) is 1.39. The Kier molecular flexibility index (Phi) is 5.65. The first-order chi connectivity index (χ1) is 8.17. The number of aromatic nitrogens is 1. The van der Waals surface area contributed by atoms with Crippen LogP contribution in [-0.4, -0.2) is 35.9 Å². The number of nitrogens with zero attached hydrogens (tertiary/aromatic N) is 1. The number of aliphatic hydroxyl groups excluding tert-OH is 1. The van der Waals surface area contributed by atoms with Crippen LogP contribution in [0.25, 0.3) is 0 Å². The Morgan fingerprint density at radius 2 is 2.47 bits per heavy atom. The normalized spacial score (nSPS) is 12.4. The van der Waals surface area contributed by atoms with Crippen molar-refractivity contribution in [1.29, 1.82) is 0 Å². The second-order valence-electron chi connectivity index (χ2n) is 3.85. The molecule has 0 radical (unpaired) electrons. The highest BCUT2D eigenvalue weighted by molar-refractivity contribution is 5.92. The number of hydrogen-bond donors (Lipinski definition) is 2. The zero-order chi connectivity index (χ0) is 12.7. The van der Waals surface area contributed by atoms with Crippen molar-refractivity contribution < 1.29 is 19.2 Å². The van der Waals surface area contributed by atoms with Crippen molar-refractivity contribution in [2.24, 2.45) is 0 Å². The van der Waals surface area contributed by atoms with E-state index in [1.165, 1.54) is 0 Å². The summed E-state index contributed by atoms with van der Waals surface area (Å²) in [7, 11) is 1.54. The number of carbonyl (C=O) groups is 1. The molecule has 1 rings (SSSR count). The van der Waals surface area contributed by atoms with Crippen molar-refractivity contribution in [3.8, 4) is 0 Å². The number of hydrogen-bond acceptors (Lipinski definition) is 5. The van der Waals surface area contributed by atoms with Crippen molar-refractivity contribution in [2.75, 3.05) is 13.7 Å². The molecule has 0 spiro atoms. The van der Waals surface area contributed by atoms with Gasteiger partial charge in [-0.05, 0) is 19.8 Å². The summed E-state index contributed by atoms with van der Waals surface area (Å²) in [5.74, 6) is 0.238. The fourth-order valence-corrected chi connectivity index (χ4v) is 1.40. The topological polar surface area (TPSA) is 84.6 Å². The molecule has 0 aromatic carbocycles. The van der Waals surface area contributed by atoms with Crippen molar-refractivity contribution in [3.63, 3.8) is 0 Å². The predicted molar refractivity (Wildman–Crippen MR) is 60.5 cm³/mol. The molecule has 1 heterocycles. The third kappa shape index (κ3) is 4.54. The van der Waals surface area contributed by atoms with Gasteiger partial charge in [0.15, 0.2) is 11.5 Å². The highest BCUT2D eigenvalue weighted by atomic mass is 16.5. The van der Waals surface area contributed by atoms with Crippen LogP contribution < -0.4 is 5.32 Å². The fraction of sp³-hybridized carbons (Fsp3) is 0.636. The lowest BCUT2D eigenvalue weighted by Gasteiger charge is -2.11.